The fraction of sp³-hybridized carbons (Fsp3) is 0.556. The van der Waals surface area contributed by atoms with E-state index in [0.717, 1.165) is 13.3 Å². The number of carbonyl (C=O) groups excluding carboxylic acids is 3. The van der Waals surface area contributed by atoms with Crippen molar-refractivity contribution in [2.24, 2.45) is 0 Å². The molecule has 0 radical (unpaired) electrons. The van der Waals surface area contributed by atoms with Crippen molar-refractivity contribution in [1.82, 2.24) is 10.3 Å². The maximum absolute atomic E-state index is 12.3. The number of methoxy groups -OCH3 is 1. The van der Waals surface area contributed by atoms with Crippen LogP contribution in [0.25, 0.3) is 0 Å². The zero-order valence-corrected chi connectivity index (χ0v) is 22.4. The zero-order valence-electron chi connectivity index (χ0n) is 18.4. The molecule has 0 fully saturated rings. The molecule has 32 heavy (non-hydrogen) atoms. The van der Waals surface area contributed by atoms with Crippen LogP contribution in [-0.2, 0) is 14.0 Å². The number of hydrogen-bond acceptors (Lipinski definition) is 7. The lowest BCUT2D eigenvalue weighted by Gasteiger charge is -2.36. The summed E-state index contributed by atoms with van der Waals surface area (Å²) in [5.74, 6) is -2.16. The number of pyridine rings is 1. The smallest absolute Gasteiger partial charge is 0.341 e. The Morgan fingerprint density at radius 2 is 1.72 bits per heavy atom. The van der Waals surface area contributed by atoms with Crippen LogP contribution in [0.2, 0.25) is 23.3 Å². The number of ether oxygens (including phenoxy) is 2. The molecule has 0 atom stereocenters. The van der Waals surface area contributed by atoms with Gasteiger partial charge >= 0.3 is 12.0 Å². The fourth-order valence-electron chi connectivity index (χ4n) is 1.97. The van der Waals surface area contributed by atoms with Gasteiger partial charge in [0.25, 0.3) is 9.70 Å². The molecule has 0 unspecified atom stereocenters. The quantitative estimate of drug-likeness (QED) is 0.163. The molecule has 3 amide bonds. The normalized spacial score (nSPS) is 12.2. The molecule has 0 aliphatic rings. The van der Waals surface area contributed by atoms with E-state index in [9.17, 15) is 14.4 Å². The Balaban J connectivity index is 3.11. The molecule has 0 aromatic carbocycles. The van der Waals surface area contributed by atoms with E-state index in [1.807, 2.05) is 5.32 Å². The highest BCUT2D eigenvalue weighted by Crippen LogP contribution is 2.37. The van der Waals surface area contributed by atoms with Gasteiger partial charge in [-0.2, -0.15) is 0 Å². The molecular weight excluding hydrogens is 524 g/mol. The number of halogens is 4. The Morgan fingerprint density at radius 1 is 1.12 bits per heavy atom. The molecule has 0 aliphatic carbocycles. The largest absolute Gasteiger partial charge is 0.486 e. The molecule has 1 heterocycles. The van der Waals surface area contributed by atoms with E-state index < -0.39 is 30.0 Å². The standard InChI is InChI=1S/C18H25Cl4N3O6Si/c1-17(2,3)32(5,6)31-8-7-30-12-11(10(14(26)29-4)9-23-13(12)19)24-16(28)25-15(27)18(20,21)22/h9H,7-8H2,1-6H3,(H2,23,24,25,27,28). The van der Waals surface area contributed by atoms with Gasteiger partial charge in [-0.15, -0.1) is 0 Å². The Bertz CT molecular complexity index is 871. The van der Waals surface area contributed by atoms with Crippen LogP contribution in [0.5, 0.6) is 5.75 Å². The topological polar surface area (TPSA) is 116 Å². The van der Waals surface area contributed by atoms with Crippen molar-refractivity contribution < 1.29 is 28.3 Å². The van der Waals surface area contributed by atoms with Gasteiger partial charge in [0.1, 0.15) is 17.9 Å². The number of hydrogen-bond donors (Lipinski definition) is 2. The van der Waals surface area contributed by atoms with E-state index in [1.54, 1.807) is 0 Å². The van der Waals surface area contributed by atoms with Gasteiger partial charge < -0.3 is 19.2 Å². The van der Waals surface area contributed by atoms with Crippen molar-refractivity contribution in [1.29, 1.82) is 0 Å². The summed E-state index contributed by atoms with van der Waals surface area (Å²) >= 11 is 22.5. The lowest BCUT2D eigenvalue weighted by atomic mass is 10.2. The second-order valence-electron chi connectivity index (χ2n) is 8.02. The Hall–Kier alpha value is -1.30. The summed E-state index contributed by atoms with van der Waals surface area (Å²) in [5, 5.41) is 3.97. The number of urea groups is 1. The average molecular weight is 549 g/mol. The minimum atomic E-state index is -2.38. The summed E-state index contributed by atoms with van der Waals surface area (Å²) in [5.41, 5.74) is -0.354. The van der Waals surface area contributed by atoms with Gasteiger partial charge in [-0.05, 0) is 18.1 Å². The van der Waals surface area contributed by atoms with Crippen molar-refractivity contribution in [3.05, 3.63) is 16.9 Å². The number of imide groups is 1. The van der Waals surface area contributed by atoms with E-state index in [4.69, 9.17) is 60.3 Å². The van der Waals surface area contributed by atoms with E-state index in [-0.39, 0.29) is 40.4 Å². The molecular formula is C18H25Cl4N3O6Si. The van der Waals surface area contributed by atoms with Crippen molar-refractivity contribution in [3.8, 4) is 5.75 Å². The number of anilines is 1. The summed E-state index contributed by atoms with van der Waals surface area (Å²) < 4.78 is 14.0. The van der Waals surface area contributed by atoms with E-state index >= 15 is 0 Å². The van der Waals surface area contributed by atoms with Gasteiger partial charge in [0.2, 0.25) is 0 Å². The number of aromatic nitrogens is 1. The Labute approximate surface area is 207 Å². The first-order valence-corrected chi connectivity index (χ1v) is 13.7. The second kappa shape index (κ2) is 11.2. The molecule has 1 rings (SSSR count). The summed E-state index contributed by atoms with van der Waals surface area (Å²) in [6.45, 7) is 10.7. The van der Waals surface area contributed by atoms with E-state index in [0.29, 0.717) is 0 Å². The number of esters is 1. The number of alkyl halides is 3. The van der Waals surface area contributed by atoms with Crippen molar-refractivity contribution in [3.63, 3.8) is 0 Å². The van der Waals surface area contributed by atoms with Gasteiger partial charge in [-0.3, -0.25) is 10.1 Å². The Kier molecular flexibility index (Phi) is 10.1. The number of amides is 3. The van der Waals surface area contributed by atoms with Crippen LogP contribution in [0.1, 0.15) is 31.1 Å². The van der Waals surface area contributed by atoms with Crippen LogP contribution < -0.4 is 15.4 Å². The van der Waals surface area contributed by atoms with Crippen molar-refractivity contribution in [2.75, 3.05) is 25.6 Å². The minimum Gasteiger partial charge on any atom is -0.486 e. The molecule has 0 aliphatic heterocycles. The zero-order chi connectivity index (χ0) is 24.9. The third kappa shape index (κ3) is 7.93. The first-order chi connectivity index (χ1) is 14.5. The van der Waals surface area contributed by atoms with E-state index in [2.05, 4.69) is 44.2 Å². The lowest BCUT2D eigenvalue weighted by molar-refractivity contribution is -0.119. The molecule has 0 saturated carbocycles. The predicted octanol–water partition coefficient (Wildman–Crippen LogP) is 4.94. The van der Waals surface area contributed by atoms with Gasteiger partial charge in [-0.25, -0.2) is 14.6 Å². The first-order valence-electron chi connectivity index (χ1n) is 9.24. The molecule has 0 bridgehead atoms. The lowest BCUT2D eigenvalue weighted by Crippen LogP contribution is -2.42. The molecule has 14 heteroatoms. The van der Waals surface area contributed by atoms with Crippen LogP contribution in [0.4, 0.5) is 10.5 Å². The second-order valence-corrected chi connectivity index (χ2v) is 15.5. The van der Waals surface area contributed by atoms with Crippen molar-refractivity contribution >= 4 is 78.3 Å². The van der Waals surface area contributed by atoms with Gasteiger partial charge in [-0.1, -0.05) is 67.2 Å². The molecule has 180 valence electrons. The highest BCUT2D eigenvalue weighted by atomic mass is 35.6. The number of rotatable bonds is 7. The third-order valence-electron chi connectivity index (χ3n) is 4.72. The summed E-state index contributed by atoms with van der Waals surface area (Å²) in [7, 11) is -0.885. The molecule has 0 saturated heterocycles. The van der Waals surface area contributed by atoms with Gasteiger partial charge in [0.15, 0.2) is 19.2 Å². The monoisotopic (exact) mass is 547 g/mol. The van der Waals surface area contributed by atoms with Crippen molar-refractivity contribution in [2.45, 2.75) is 42.7 Å². The van der Waals surface area contributed by atoms with Crippen LogP contribution in [0.3, 0.4) is 0 Å². The third-order valence-corrected chi connectivity index (χ3v) is 10.0. The molecule has 9 nitrogen and oxygen atoms in total. The van der Waals surface area contributed by atoms with E-state index in [1.165, 1.54) is 0 Å². The predicted molar refractivity (Wildman–Crippen MR) is 127 cm³/mol. The highest BCUT2D eigenvalue weighted by molar-refractivity contribution is 6.76. The van der Waals surface area contributed by atoms with Gasteiger partial charge in [0, 0.05) is 6.20 Å². The van der Waals surface area contributed by atoms with Gasteiger partial charge in [0.05, 0.1) is 13.7 Å². The average Bonchev–Trinajstić information content (AvgIpc) is 2.64. The molecule has 1 aromatic rings. The Morgan fingerprint density at radius 3 is 2.22 bits per heavy atom. The summed E-state index contributed by atoms with van der Waals surface area (Å²) in [6.07, 6.45) is 1.08. The molecule has 0 spiro atoms. The van der Waals surface area contributed by atoms with Crippen LogP contribution in [0.15, 0.2) is 6.20 Å². The SMILES string of the molecule is COC(=O)c1cnc(Cl)c(OCCO[Si](C)(C)C(C)(C)C)c1NC(=O)NC(=O)C(Cl)(Cl)Cl. The maximum Gasteiger partial charge on any atom is 0.341 e. The maximum atomic E-state index is 12.3. The number of nitrogens with one attached hydrogen (secondary N) is 2. The minimum absolute atomic E-state index is 0.00315. The highest BCUT2D eigenvalue weighted by Gasteiger charge is 2.37. The molecule has 1 aromatic heterocycles. The molecule has 2 N–H and O–H groups in total. The van der Waals surface area contributed by atoms with Crippen LogP contribution in [-0.4, -0.2) is 55.3 Å². The number of nitrogens with zero attached hydrogens (tertiary/aromatic N) is 1. The summed E-state index contributed by atoms with van der Waals surface area (Å²) in [6, 6.07) is -1.10. The fourth-order valence-corrected chi connectivity index (χ4v) is 3.33. The number of carbonyl (C=O) groups is 3. The van der Waals surface area contributed by atoms with Crippen LogP contribution in [0, 0.1) is 0 Å². The van der Waals surface area contributed by atoms with Crippen LogP contribution >= 0.6 is 46.4 Å². The first kappa shape index (κ1) is 28.7. The summed E-state index contributed by atoms with van der Waals surface area (Å²) in [4.78, 5) is 40.0.